The number of nitrogens with zero attached hydrogens (tertiary/aromatic N) is 6. The van der Waals surface area contributed by atoms with Gasteiger partial charge in [0.2, 0.25) is 0 Å². The molecule has 0 unspecified atom stereocenters. The highest BCUT2D eigenvalue weighted by Crippen LogP contribution is 2.63. The van der Waals surface area contributed by atoms with Gasteiger partial charge in [-0.15, -0.1) is 0 Å². The number of hydrogen-bond acceptors (Lipinski definition) is 6. The van der Waals surface area contributed by atoms with Gasteiger partial charge in [-0.25, -0.2) is 29.9 Å². The fraction of sp³-hybridized carbons (Fsp3) is 0.0545. The van der Waals surface area contributed by atoms with E-state index >= 15 is 0 Å². The first kappa shape index (κ1) is 35.0. The summed E-state index contributed by atoms with van der Waals surface area (Å²) >= 11 is 0. The number of allylic oxidation sites excluding steroid dienone is 4. The second kappa shape index (κ2) is 14.1. The molecule has 0 saturated heterocycles. The molecule has 0 atom stereocenters. The molecule has 286 valence electrons. The van der Waals surface area contributed by atoms with Crippen molar-refractivity contribution in [3.05, 3.63) is 222 Å². The second-order valence-corrected chi connectivity index (χ2v) is 15.7. The highest BCUT2D eigenvalue weighted by atomic mass is 15.0. The van der Waals surface area contributed by atoms with Gasteiger partial charge in [-0.1, -0.05) is 182 Å². The summed E-state index contributed by atoms with van der Waals surface area (Å²) in [6.45, 7) is 0. The minimum atomic E-state index is -0.531. The lowest BCUT2D eigenvalue weighted by Crippen LogP contribution is -2.25. The summed E-state index contributed by atoms with van der Waals surface area (Å²) in [7, 11) is 0. The van der Waals surface area contributed by atoms with Gasteiger partial charge in [-0.3, -0.25) is 0 Å². The van der Waals surface area contributed by atoms with Crippen molar-refractivity contribution in [3.63, 3.8) is 0 Å². The molecular formula is C55H36N6. The van der Waals surface area contributed by atoms with E-state index in [2.05, 4.69) is 115 Å². The van der Waals surface area contributed by atoms with Crippen LogP contribution in [0.3, 0.4) is 0 Å². The number of aromatic nitrogens is 6. The van der Waals surface area contributed by atoms with E-state index in [1.807, 2.05) is 78.9 Å². The summed E-state index contributed by atoms with van der Waals surface area (Å²) in [5.41, 5.74) is 15.0. The predicted octanol–water partition coefficient (Wildman–Crippen LogP) is 12.5. The Kier molecular flexibility index (Phi) is 8.10. The van der Waals surface area contributed by atoms with Gasteiger partial charge in [-0.2, -0.15) is 0 Å². The molecule has 0 N–H and O–H groups in total. The summed E-state index contributed by atoms with van der Waals surface area (Å²) in [4.78, 5) is 30.6. The lowest BCUT2D eigenvalue weighted by molar-refractivity contribution is 0.794. The highest BCUT2D eigenvalue weighted by molar-refractivity contribution is 5.97. The molecule has 0 amide bonds. The van der Waals surface area contributed by atoms with Gasteiger partial charge in [0, 0.05) is 27.8 Å². The van der Waals surface area contributed by atoms with E-state index in [4.69, 9.17) is 29.9 Å². The van der Waals surface area contributed by atoms with Gasteiger partial charge in [0.05, 0.1) is 5.41 Å². The van der Waals surface area contributed by atoms with Crippen molar-refractivity contribution in [2.45, 2.75) is 18.3 Å². The highest BCUT2D eigenvalue weighted by Gasteiger charge is 2.51. The molecule has 12 rings (SSSR count). The standard InChI is InChI=1S/C55H36N6/c1-5-17-35(18-6-1)49-56-50(36-19-7-2-8-20-36)59-53(58-49)39-29-31-47-43(33-39)44-34-40(30-32-48(44)55(47)45-27-15-13-25-41(45)42-26-14-16-28-46(42)55)54-60-51(37-21-9-3-10-22-37)57-52(61-54)38-23-11-4-12-24-38/h1-11,13-23,25-34H,12,24H2. The maximum Gasteiger partial charge on any atom is 0.164 e. The predicted molar refractivity (Wildman–Crippen MR) is 243 cm³/mol. The molecular weight excluding hydrogens is 745 g/mol. The van der Waals surface area contributed by atoms with Gasteiger partial charge in [-0.05, 0) is 75.1 Å². The molecule has 6 nitrogen and oxygen atoms in total. The maximum atomic E-state index is 5.19. The molecule has 3 aliphatic carbocycles. The first-order valence-electron chi connectivity index (χ1n) is 20.8. The topological polar surface area (TPSA) is 77.3 Å². The minimum Gasteiger partial charge on any atom is -0.209 e. The van der Waals surface area contributed by atoms with E-state index in [0.29, 0.717) is 34.9 Å². The number of fused-ring (bicyclic) bond motifs is 10. The zero-order valence-corrected chi connectivity index (χ0v) is 33.1. The van der Waals surface area contributed by atoms with Crippen molar-refractivity contribution in [1.29, 1.82) is 0 Å². The van der Waals surface area contributed by atoms with Gasteiger partial charge in [0.1, 0.15) is 0 Å². The Labute approximate surface area is 353 Å². The van der Waals surface area contributed by atoms with E-state index in [-0.39, 0.29) is 0 Å². The van der Waals surface area contributed by atoms with Crippen LogP contribution in [0.5, 0.6) is 0 Å². The van der Waals surface area contributed by atoms with Crippen molar-refractivity contribution in [1.82, 2.24) is 29.9 Å². The lowest BCUT2D eigenvalue weighted by Gasteiger charge is -2.30. The number of benzene rings is 7. The van der Waals surface area contributed by atoms with Crippen molar-refractivity contribution in [2.75, 3.05) is 0 Å². The maximum absolute atomic E-state index is 5.19. The van der Waals surface area contributed by atoms with Crippen LogP contribution in [0.15, 0.2) is 194 Å². The first-order valence-corrected chi connectivity index (χ1v) is 20.8. The number of hydrogen-bond donors (Lipinski definition) is 0. The third kappa shape index (κ3) is 5.64. The average molecular weight is 781 g/mol. The van der Waals surface area contributed by atoms with Crippen molar-refractivity contribution < 1.29 is 0 Å². The van der Waals surface area contributed by atoms with Crippen molar-refractivity contribution in [3.8, 4) is 79.2 Å². The molecule has 7 aromatic carbocycles. The molecule has 6 heteroatoms. The molecule has 1 spiro atoms. The third-order valence-corrected chi connectivity index (χ3v) is 12.3. The van der Waals surface area contributed by atoms with Crippen LogP contribution in [-0.4, -0.2) is 29.9 Å². The summed E-state index contributed by atoms with van der Waals surface area (Å²) in [6.07, 6.45) is 8.25. The van der Waals surface area contributed by atoms with Crippen LogP contribution in [0.4, 0.5) is 0 Å². The molecule has 0 saturated carbocycles. The van der Waals surface area contributed by atoms with Gasteiger partial charge < -0.3 is 0 Å². The smallest absolute Gasteiger partial charge is 0.164 e. The summed E-state index contributed by atoms with van der Waals surface area (Å²) in [5, 5.41) is 0. The van der Waals surface area contributed by atoms with Crippen LogP contribution in [0.2, 0.25) is 0 Å². The second-order valence-electron chi connectivity index (χ2n) is 15.7. The van der Waals surface area contributed by atoms with E-state index in [1.165, 1.54) is 33.4 Å². The van der Waals surface area contributed by atoms with Gasteiger partial charge in [0.15, 0.2) is 34.9 Å². The van der Waals surface area contributed by atoms with Crippen LogP contribution in [0.25, 0.3) is 84.8 Å². The minimum absolute atomic E-state index is 0.531. The molecule has 3 aliphatic rings. The summed E-state index contributed by atoms with van der Waals surface area (Å²) in [6, 6.07) is 61.8. The Balaban J connectivity index is 1.10. The monoisotopic (exact) mass is 780 g/mol. The average Bonchev–Trinajstić information content (AvgIpc) is 3.81. The molecule has 2 heterocycles. The Morgan fingerprint density at radius 1 is 0.328 bits per heavy atom. The van der Waals surface area contributed by atoms with E-state index in [1.54, 1.807) is 0 Å². The van der Waals surface area contributed by atoms with Crippen LogP contribution in [-0.2, 0) is 5.41 Å². The molecule has 0 fully saturated rings. The number of rotatable bonds is 6. The fourth-order valence-corrected chi connectivity index (χ4v) is 9.52. The lowest BCUT2D eigenvalue weighted by atomic mass is 9.70. The zero-order chi connectivity index (χ0) is 40.3. The largest absolute Gasteiger partial charge is 0.209 e. The Hall–Kier alpha value is -7.96. The van der Waals surface area contributed by atoms with E-state index < -0.39 is 5.41 Å². The van der Waals surface area contributed by atoms with Crippen LogP contribution >= 0.6 is 0 Å². The normalized spacial score (nSPS) is 13.9. The van der Waals surface area contributed by atoms with Crippen molar-refractivity contribution in [2.24, 2.45) is 0 Å². The van der Waals surface area contributed by atoms with Crippen molar-refractivity contribution >= 4 is 5.57 Å². The van der Waals surface area contributed by atoms with Gasteiger partial charge in [0.25, 0.3) is 0 Å². The van der Waals surface area contributed by atoms with E-state index in [0.717, 1.165) is 57.4 Å². The first-order chi connectivity index (χ1) is 30.2. The Morgan fingerprint density at radius 3 is 1.13 bits per heavy atom. The molecule has 61 heavy (non-hydrogen) atoms. The van der Waals surface area contributed by atoms with Crippen LogP contribution < -0.4 is 0 Å². The molecule has 2 aromatic heterocycles. The van der Waals surface area contributed by atoms with Crippen LogP contribution in [0, 0.1) is 0 Å². The Bertz CT molecular complexity index is 3140. The summed E-state index contributed by atoms with van der Waals surface area (Å²) in [5.74, 6) is 3.89. The summed E-state index contributed by atoms with van der Waals surface area (Å²) < 4.78 is 0. The fourth-order valence-electron chi connectivity index (χ4n) is 9.52. The molecule has 0 aliphatic heterocycles. The zero-order valence-electron chi connectivity index (χ0n) is 33.1. The van der Waals surface area contributed by atoms with E-state index in [9.17, 15) is 0 Å². The Morgan fingerprint density at radius 2 is 0.705 bits per heavy atom. The SMILES string of the molecule is C1=CCCC(c2nc(-c3ccccc3)nc(-c3ccc4c(c3)-c3cc(-c5nc(-c6ccccc6)nc(-c6ccccc6)n5)ccc3C43c4ccccc4-c4ccccc43)n2)=C1. The van der Waals surface area contributed by atoms with Gasteiger partial charge >= 0.3 is 0 Å². The molecule has 9 aromatic rings. The molecule has 0 radical (unpaired) electrons. The quantitative estimate of drug-likeness (QED) is 0.167. The molecule has 0 bridgehead atoms. The third-order valence-electron chi connectivity index (χ3n) is 12.3. The van der Waals surface area contributed by atoms with Crippen LogP contribution in [0.1, 0.15) is 40.9 Å².